The third kappa shape index (κ3) is 10.2. The highest BCUT2D eigenvalue weighted by molar-refractivity contribution is 7.90. The molecular weight excluding hydrogens is 833 g/mol. The van der Waals surface area contributed by atoms with Gasteiger partial charge < -0.3 is 29.2 Å². The van der Waals surface area contributed by atoms with Crippen LogP contribution in [0.25, 0.3) is 22.2 Å². The number of amides is 3. The van der Waals surface area contributed by atoms with Crippen LogP contribution in [0.2, 0.25) is 0 Å². The number of nitrogens with zero attached hydrogens (tertiary/aromatic N) is 2. The second kappa shape index (κ2) is 17.7. The number of benzene rings is 2. The molecule has 2 aromatic carbocycles. The number of hydrogen-bond acceptors (Lipinski definition) is 13. The zero-order valence-electron chi connectivity index (χ0n) is 36.1. The third-order valence-electron chi connectivity index (χ3n) is 12.1. The van der Waals surface area contributed by atoms with E-state index < -0.39 is 104 Å². The number of allylic oxidation sites excluding steroid dienone is 1. The number of carbonyl (C=O) groups is 6. The summed E-state index contributed by atoms with van der Waals surface area (Å²) < 4.78 is 50.7. The van der Waals surface area contributed by atoms with Gasteiger partial charge in [-0.15, -0.1) is 6.58 Å². The minimum Gasteiger partial charge on any atom is -0.497 e. The van der Waals surface area contributed by atoms with Crippen molar-refractivity contribution in [2.24, 2.45) is 17.3 Å². The Bertz CT molecular complexity index is 2430. The van der Waals surface area contributed by atoms with Gasteiger partial charge in [0.05, 0.1) is 48.0 Å². The van der Waals surface area contributed by atoms with Crippen LogP contribution in [0, 0.1) is 17.3 Å². The van der Waals surface area contributed by atoms with Gasteiger partial charge in [-0.1, -0.05) is 36.4 Å². The molecule has 2 aliphatic carbocycles. The number of cyclic esters (lactones) is 1. The van der Waals surface area contributed by atoms with Gasteiger partial charge in [-0.05, 0) is 71.4 Å². The SMILES string of the molecule is C=C[C@@H]1C[C@]1(CC(=O)[C@@H]1C[C@@H](Oc2cc(-c3ccccc3)nc3cc(OC)ccc23)CN1C(=O)[C@H](CCC(=O)N[C@@H]1C(=O)O[C@@H]1C)CC(=O)OC(C)(C)C)C(=O)NS(=O)(=O)C1CC1. The van der Waals surface area contributed by atoms with Crippen molar-refractivity contribution in [3.63, 3.8) is 0 Å². The monoisotopic (exact) mass is 886 g/mol. The highest BCUT2D eigenvalue weighted by Gasteiger charge is 2.61. The summed E-state index contributed by atoms with van der Waals surface area (Å²) in [5.74, 6) is -4.35. The van der Waals surface area contributed by atoms with Gasteiger partial charge in [0, 0.05) is 48.3 Å². The van der Waals surface area contributed by atoms with E-state index in [1.54, 1.807) is 59.1 Å². The summed E-state index contributed by atoms with van der Waals surface area (Å²) in [7, 11) is -2.39. The van der Waals surface area contributed by atoms with Gasteiger partial charge in [0.1, 0.15) is 29.3 Å². The molecule has 4 aliphatic rings. The molecule has 4 fully saturated rings. The summed E-state index contributed by atoms with van der Waals surface area (Å²) >= 11 is 0. The Morgan fingerprint density at radius 1 is 1.08 bits per heavy atom. The molecule has 2 saturated heterocycles. The molecule has 0 bridgehead atoms. The number of nitrogens with one attached hydrogen (secondary N) is 2. The largest absolute Gasteiger partial charge is 0.497 e. The van der Waals surface area contributed by atoms with Crippen LogP contribution in [0.15, 0.2) is 67.3 Å². The van der Waals surface area contributed by atoms with Crippen LogP contribution in [0.4, 0.5) is 0 Å². The molecule has 3 amide bonds. The number of aromatic nitrogens is 1. The first-order chi connectivity index (χ1) is 29.8. The van der Waals surface area contributed by atoms with E-state index in [2.05, 4.69) is 16.6 Å². The average Bonchev–Trinajstić information content (AvgIpc) is 4.17. The Morgan fingerprint density at radius 3 is 2.43 bits per heavy atom. The molecule has 17 heteroatoms. The van der Waals surface area contributed by atoms with Gasteiger partial charge in [-0.2, -0.15) is 0 Å². The number of ketones is 1. The summed E-state index contributed by atoms with van der Waals surface area (Å²) in [5.41, 5.74) is -0.300. The van der Waals surface area contributed by atoms with Crippen molar-refractivity contribution in [3.8, 4) is 22.8 Å². The fourth-order valence-electron chi connectivity index (χ4n) is 8.38. The lowest BCUT2D eigenvalue weighted by Crippen LogP contribution is -2.58. The molecule has 3 heterocycles. The molecule has 0 unspecified atom stereocenters. The van der Waals surface area contributed by atoms with Gasteiger partial charge in [-0.25, -0.2) is 18.2 Å². The van der Waals surface area contributed by atoms with E-state index in [4.69, 9.17) is 23.9 Å². The molecule has 63 heavy (non-hydrogen) atoms. The van der Waals surface area contributed by atoms with Crippen molar-refractivity contribution in [1.82, 2.24) is 19.9 Å². The molecule has 0 spiro atoms. The summed E-state index contributed by atoms with van der Waals surface area (Å²) in [5, 5.41) is 2.59. The molecule has 3 aromatic rings. The zero-order chi connectivity index (χ0) is 45.4. The van der Waals surface area contributed by atoms with Crippen molar-refractivity contribution >= 4 is 56.4 Å². The van der Waals surface area contributed by atoms with E-state index in [0.717, 1.165) is 5.56 Å². The molecule has 16 nitrogen and oxygen atoms in total. The summed E-state index contributed by atoms with van der Waals surface area (Å²) in [6.45, 7) is 10.4. The molecule has 7 atom stereocenters. The number of rotatable bonds is 18. The number of Topliss-reactive ketones (excluding diaryl/α,β-unsaturated/α-hetero) is 1. The average molecular weight is 887 g/mol. The highest BCUT2D eigenvalue weighted by Crippen LogP contribution is 2.57. The van der Waals surface area contributed by atoms with Gasteiger partial charge in [0.2, 0.25) is 27.7 Å². The maximum atomic E-state index is 14.9. The summed E-state index contributed by atoms with van der Waals surface area (Å²) in [6, 6.07) is 14.6. The number of likely N-dealkylation sites (tertiary alicyclic amines) is 1. The fourth-order valence-corrected chi connectivity index (χ4v) is 9.76. The van der Waals surface area contributed by atoms with Crippen LogP contribution < -0.4 is 19.5 Å². The van der Waals surface area contributed by atoms with Crippen LogP contribution in [0.5, 0.6) is 11.5 Å². The lowest BCUT2D eigenvalue weighted by molar-refractivity contribution is -0.176. The molecule has 2 aliphatic heterocycles. The summed E-state index contributed by atoms with van der Waals surface area (Å²) in [4.78, 5) is 87.9. The quantitative estimate of drug-likeness (QED) is 0.132. The van der Waals surface area contributed by atoms with E-state index in [-0.39, 0.29) is 38.6 Å². The molecule has 336 valence electrons. The number of pyridine rings is 1. The third-order valence-corrected chi connectivity index (χ3v) is 13.9. The van der Waals surface area contributed by atoms with E-state index in [9.17, 15) is 37.2 Å². The number of sulfonamides is 1. The Hall–Kier alpha value is -5.84. The topological polar surface area (TPSA) is 214 Å². The van der Waals surface area contributed by atoms with Crippen LogP contribution in [-0.2, 0) is 48.3 Å². The van der Waals surface area contributed by atoms with Crippen LogP contribution >= 0.6 is 0 Å². The minimum absolute atomic E-state index is 0.0105. The molecule has 7 rings (SSSR count). The number of esters is 2. The normalized spacial score (nSPS) is 24.6. The fraction of sp³-hybridized carbons (Fsp3) is 0.500. The maximum Gasteiger partial charge on any atom is 0.332 e. The Morgan fingerprint density at radius 2 is 1.81 bits per heavy atom. The van der Waals surface area contributed by atoms with Crippen LogP contribution in [0.1, 0.15) is 79.1 Å². The number of methoxy groups -OCH3 is 1. The van der Waals surface area contributed by atoms with Crippen molar-refractivity contribution in [1.29, 1.82) is 0 Å². The highest BCUT2D eigenvalue weighted by atomic mass is 32.2. The lowest BCUT2D eigenvalue weighted by atomic mass is 9.90. The molecule has 0 radical (unpaired) electrons. The number of ether oxygens (including phenoxy) is 4. The van der Waals surface area contributed by atoms with Crippen molar-refractivity contribution in [3.05, 3.63) is 67.3 Å². The van der Waals surface area contributed by atoms with Gasteiger partial charge in [-0.3, -0.25) is 28.7 Å². The minimum atomic E-state index is -3.94. The number of carbonyl (C=O) groups excluding carboxylic acids is 6. The first-order valence-electron chi connectivity index (χ1n) is 21.2. The van der Waals surface area contributed by atoms with Crippen molar-refractivity contribution in [2.75, 3.05) is 13.7 Å². The Kier molecular flexibility index (Phi) is 12.7. The standard InChI is InChI=1S/C46H54N4O12S/c1-7-29-23-46(29,44(56)49-63(57,58)32-15-16-32)24-37(51)36-21-31(61-38-22-34(27-11-9-8-10-12-27)47-35-20-30(59-6)14-17-33(35)38)25-50(36)42(54)28(19-40(53)62-45(3,4)5)13-18-39(52)48-41-26(2)60-43(41)55/h7-12,14,17,20,22,26,28-29,31-32,36,41H,1,13,15-16,18-19,21,23-25H2,2-6H3,(H,48,52)(H,49,56)/t26-,28-,29-,31-,36+,41+,46-/m1/s1. The van der Waals surface area contributed by atoms with E-state index >= 15 is 0 Å². The smallest absolute Gasteiger partial charge is 0.332 e. The van der Waals surface area contributed by atoms with Crippen LogP contribution in [0.3, 0.4) is 0 Å². The van der Waals surface area contributed by atoms with E-state index in [0.29, 0.717) is 40.9 Å². The maximum absolute atomic E-state index is 14.9. The molecule has 2 saturated carbocycles. The van der Waals surface area contributed by atoms with Crippen molar-refractivity contribution in [2.45, 2.75) is 114 Å². The van der Waals surface area contributed by atoms with Gasteiger partial charge >= 0.3 is 11.9 Å². The second-order valence-corrected chi connectivity index (χ2v) is 19.9. The number of hydrogen-bond donors (Lipinski definition) is 2. The predicted molar refractivity (Wildman–Crippen MR) is 229 cm³/mol. The number of fused-ring (bicyclic) bond motifs is 1. The molecular formula is C46H54N4O12S. The van der Waals surface area contributed by atoms with Gasteiger partial charge in [0.25, 0.3) is 0 Å². The molecule has 1 aromatic heterocycles. The predicted octanol–water partition coefficient (Wildman–Crippen LogP) is 4.58. The molecule has 2 N–H and O–H groups in total. The van der Waals surface area contributed by atoms with Crippen LogP contribution in [-0.4, -0.2) is 103 Å². The lowest BCUT2D eigenvalue weighted by Gasteiger charge is -2.33. The van der Waals surface area contributed by atoms with Gasteiger partial charge in [0.15, 0.2) is 11.8 Å². The second-order valence-electron chi connectivity index (χ2n) is 18.0. The Balaban J connectivity index is 1.20. The van der Waals surface area contributed by atoms with Crippen molar-refractivity contribution < 1.29 is 56.1 Å². The van der Waals surface area contributed by atoms with E-state index in [1.165, 1.54) is 11.0 Å². The first-order valence-corrected chi connectivity index (χ1v) is 22.8. The van der Waals surface area contributed by atoms with E-state index in [1.807, 2.05) is 30.3 Å². The zero-order valence-corrected chi connectivity index (χ0v) is 36.9. The summed E-state index contributed by atoms with van der Waals surface area (Å²) in [6.07, 6.45) is 0.0829. The Labute approximate surface area is 366 Å². The first kappa shape index (κ1) is 45.2.